The van der Waals surface area contributed by atoms with Crippen LogP contribution >= 0.6 is 0 Å². The van der Waals surface area contributed by atoms with Crippen LogP contribution in [-0.4, -0.2) is 113 Å². The molecule has 0 radical (unpaired) electrons. The summed E-state index contributed by atoms with van der Waals surface area (Å²) in [6, 6.07) is 0. The fraction of sp³-hybridized carbons (Fsp3) is 0.800. The van der Waals surface area contributed by atoms with Crippen molar-refractivity contribution in [2.45, 2.75) is 179 Å². The van der Waals surface area contributed by atoms with Gasteiger partial charge in [0.15, 0.2) is 0 Å². The molecule has 0 bridgehead atoms. The number of amides is 3. The number of nitrogens with one attached hydrogen (secondary N) is 3. The Morgan fingerprint density at radius 1 is 0.615 bits per heavy atom. The minimum atomic E-state index is -4.05. The first-order valence-electron chi connectivity index (χ1n) is 23.2. The summed E-state index contributed by atoms with van der Waals surface area (Å²) in [7, 11) is -2.21. The van der Waals surface area contributed by atoms with E-state index in [0.717, 1.165) is 113 Å². The van der Waals surface area contributed by atoms with Crippen molar-refractivity contribution in [2.24, 2.45) is 17.6 Å². The van der Waals surface area contributed by atoms with Gasteiger partial charge in [-0.05, 0) is 59.3 Å². The van der Waals surface area contributed by atoms with E-state index in [0.29, 0.717) is 32.2 Å². The zero-order valence-corrected chi connectivity index (χ0v) is 42.0. The highest BCUT2D eigenvalue weighted by Crippen LogP contribution is 2.45. The van der Waals surface area contributed by atoms with Gasteiger partial charge in [0.05, 0.1) is 14.2 Å². The maximum Gasteiger partial charge on any atom is 0.408 e. The van der Waals surface area contributed by atoms with E-state index in [1.165, 1.54) is 38.7 Å². The summed E-state index contributed by atoms with van der Waals surface area (Å²) in [6.07, 6.45) is 22.0. The highest BCUT2D eigenvalue weighted by molar-refractivity contribution is 7.88. The fourth-order valence-corrected chi connectivity index (χ4v) is 8.97. The van der Waals surface area contributed by atoms with E-state index >= 15 is 0 Å². The summed E-state index contributed by atoms with van der Waals surface area (Å²) in [4.78, 5) is 59.2. The van der Waals surface area contributed by atoms with Crippen LogP contribution in [0.2, 0.25) is 0 Å². The lowest BCUT2D eigenvalue weighted by Gasteiger charge is -2.24. The molecule has 2 aliphatic rings. The van der Waals surface area contributed by atoms with Crippen LogP contribution in [0.4, 0.5) is 4.79 Å². The number of carbonyl (C=O) groups excluding carboxylic acids is 5. The first-order valence-corrected chi connectivity index (χ1v) is 26.1. The molecule has 0 aromatic heterocycles. The monoisotopic (exact) mass is 963 g/mol. The molecule has 2 aliphatic carbocycles. The van der Waals surface area contributed by atoms with Gasteiger partial charge in [-0.1, -0.05) is 102 Å². The van der Waals surface area contributed by atoms with Crippen LogP contribution in [0, 0.1) is 11.8 Å². The molecule has 0 heterocycles. The number of ether oxygens (including phenoxy) is 3. The molecule has 20 heteroatoms. The van der Waals surface area contributed by atoms with Crippen LogP contribution in [0.5, 0.6) is 0 Å². The average Bonchev–Trinajstić information content (AvgIpc) is 4.14. The van der Waals surface area contributed by atoms with Crippen LogP contribution in [-0.2, 0) is 53.8 Å². The largest absolute Gasteiger partial charge is 0.469 e. The van der Waals surface area contributed by atoms with Crippen molar-refractivity contribution in [3.8, 4) is 0 Å². The zero-order chi connectivity index (χ0) is 49.3. The molecular weight excluding hydrogens is 881 g/mol. The molecule has 2 rings (SSSR count). The summed E-state index contributed by atoms with van der Waals surface area (Å²) in [6.45, 7) is 13.0. The molecule has 2 fully saturated rings. The van der Waals surface area contributed by atoms with E-state index in [9.17, 15) is 40.8 Å². The number of hydrogen-bond acceptors (Lipinski definition) is 13. The zero-order valence-electron chi connectivity index (χ0n) is 40.4. The average molecular weight is 963 g/mol. The molecular formula is C45H82N6O12S2. The van der Waals surface area contributed by atoms with Gasteiger partial charge < -0.3 is 25.3 Å². The first kappa shape index (κ1) is 59.4. The van der Waals surface area contributed by atoms with Gasteiger partial charge in [0.1, 0.15) is 16.7 Å². The number of nitrogens with zero attached hydrogens (tertiary/aromatic N) is 2. The number of esters is 2. The molecule has 65 heavy (non-hydrogen) atoms. The molecule has 2 saturated carbocycles. The number of nitrogens with two attached hydrogens (primary N) is 1. The Balaban J connectivity index is 0.000000665. The number of alkyl carbamates (subject to hydrolysis) is 1. The number of unbranched alkanes of at least 4 members (excludes halogenated alkanes) is 16. The molecule has 376 valence electrons. The van der Waals surface area contributed by atoms with Gasteiger partial charge in [0, 0.05) is 51.9 Å². The third-order valence-corrected chi connectivity index (χ3v) is 14.5. The molecule has 18 nitrogen and oxygen atoms in total. The van der Waals surface area contributed by atoms with Gasteiger partial charge in [0.25, 0.3) is 11.8 Å². The maximum absolute atomic E-state index is 12.9. The number of hydrogen-bond donors (Lipinski definition) is 4. The molecule has 3 amide bonds. The molecule has 0 aliphatic heterocycles. The Bertz CT molecular complexity index is 1760. The molecule has 0 saturated heterocycles. The summed E-state index contributed by atoms with van der Waals surface area (Å²) in [5.41, 5.74) is 2.62. The van der Waals surface area contributed by atoms with Crippen LogP contribution in [0.3, 0.4) is 0 Å². The Kier molecular flexibility index (Phi) is 26.7. The third-order valence-electron chi connectivity index (χ3n) is 11.6. The van der Waals surface area contributed by atoms with Crippen LogP contribution < -0.4 is 20.5 Å². The number of methoxy groups -OCH3 is 2. The molecule has 4 atom stereocenters. The van der Waals surface area contributed by atoms with Crippen molar-refractivity contribution < 1.29 is 55.0 Å². The van der Waals surface area contributed by atoms with Crippen molar-refractivity contribution in [1.29, 1.82) is 0 Å². The van der Waals surface area contributed by atoms with E-state index in [-0.39, 0.29) is 36.7 Å². The van der Waals surface area contributed by atoms with E-state index in [2.05, 4.69) is 37.4 Å². The quantitative estimate of drug-likeness (QED) is 0.0252. The lowest BCUT2D eigenvalue weighted by Crippen LogP contribution is -2.54. The van der Waals surface area contributed by atoms with Gasteiger partial charge in [-0.2, -0.15) is 25.4 Å². The lowest BCUT2D eigenvalue weighted by atomic mass is 10.1. The Morgan fingerprint density at radius 3 is 1.29 bits per heavy atom. The van der Waals surface area contributed by atoms with E-state index in [1.807, 2.05) is 0 Å². The minimum Gasteiger partial charge on any atom is -0.469 e. The standard InChI is InChI=1S/C25H45N3O7S.C20H37N3O5S/c1-7-20-19-25(20,26-23(31)35-24(2,3)4)22(30)27-36(32,33)28(5)18-16-14-12-10-8-9-11-13-15-17-21(29)34-6;1-4-17-16-20(17,21)19(25)22-29(26,27)23(2)15-13-11-9-7-5-6-8-10-12-14-18(24)28-3/h7,20H,1,8-19H2,2-6H3,(H,26,31)(H,27,30);4,17H,1,5-16,21H2,2-3H3,(H,22,25)/t20-,25-;17-,20-/m11/s1. The third kappa shape index (κ3) is 23.1. The summed E-state index contributed by atoms with van der Waals surface area (Å²) in [5.74, 6) is -2.31. The highest BCUT2D eigenvalue weighted by atomic mass is 32.2. The Hall–Kier alpha value is -3.59. The summed E-state index contributed by atoms with van der Waals surface area (Å²) < 4.78 is 70.8. The fourth-order valence-electron chi connectivity index (χ4n) is 7.08. The molecule has 0 unspecified atom stereocenters. The number of rotatable bonds is 33. The van der Waals surface area contributed by atoms with Crippen molar-refractivity contribution in [3.05, 3.63) is 25.3 Å². The van der Waals surface area contributed by atoms with Crippen molar-refractivity contribution in [2.75, 3.05) is 41.4 Å². The van der Waals surface area contributed by atoms with E-state index in [4.69, 9.17) is 10.5 Å². The second-order valence-electron chi connectivity index (χ2n) is 18.3. The predicted molar refractivity (Wildman–Crippen MR) is 251 cm³/mol. The molecule has 0 aromatic rings. The van der Waals surface area contributed by atoms with Gasteiger partial charge in [-0.3, -0.25) is 19.2 Å². The lowest BCUT2D eigenvalue weighted by molar-refractivity contribution is -0.141. The predicted octanol–water partition coefficient (Wildman–Crippen LogP) is 6.08. The normalized spacial score (nSPS) is 20.2. The molecule has 0 spiro atoms. The van der Waals surface area contributed by atoms with E-state index in [1.54, 1.807) is 26.8 Å². The molecule has 5 N–H and O–H groups in total. The summed E-state index contributed by atoms with van der Waals surface area (Å²) >= 11 is 0. The Labute approximate surface area is 390 Å². The summed E-state index contributed by atoms with van der Waals surface area (Å²) in [5, 5.41) is 2.53. The van der Waals surface area contributed by atoms with Crippen LogP contribution in [0.25, 0.3) is 0 Å². The van der Waals surface area contributed by atoms with Crippen LogP contribution in [0.15, 0.2) is 25.3 Å². The van der Waals surface area contributed by atoms with Crippen molar-refractivity contribution in [3.63, 3.8) is 0 Å². The number of carbonyl (C=O) groups is 5. The second kappa shape index (κ2) is 29.2. The highest BCUT2D eigenvalue weighted by Gasteiger charge is 2.61. The van der Waals surface area contributed by atoms with Gasteiger partial charge >= 0.3 is 38.5 Å². The van der Waals surface area contributed by atoms with E-state index < -0.39 is 55.0 Å². The molecule has 0 aromatic carbocycles. The SMILES string of the molecule is C=C[C@@H]1C[C@]1(N)C(=O)NS(=O)(=O)N(C)CCCCCCCCCCCC(=O)OC.C=C[C@@H]1C[C@]1(NC(=O)OC(C)(C)C)C(=O)NS(=O)(=O)N(C)CCCCCCCCCCCC(=O)OC. The Morgan fingerprint density at radius 2 is 0.969 bits per heavy atom. The topological polar surface area (TPSA) is 250 Å². The minimum absolute atomic E-state index is 0.146. The van der Waals surface area contributed by atoms with Gasteiger partial charge in [0.2, 0.25) is 0 Å². The first-order chi connectivity index (χ1) is 30.4. The smallest absolute Gasteiger partial charge is 0.408 e. The van der Waals surface area contributed by atoms with Gasteiger partial charge in [-0.25, -0.2) is 14.2 Å². The van der Waals surface area contributed by atoms with Crippen molar-refractivity contribution >= 4 is 50.3 Å². The second-order valence-corrected chi connectivity index (χ2v) is 21.8. The maximum atomic E-state index is 12.9. The van der Waals surface area contributed by atoms with Gasteiger partial charge in [-0.15, -0.1) is 13.2 Å². The van der Waals surface area contributed by atoms with Crippen LogP contribution in [0.1, 0.15) is 162 Å². The van der Waals surface area contributed by atoms with Crippen molar-refractivity contribution in [1.82, 2.24) is 23.4 Å².